The summed E-state index contributed by atoms with van der Waals surface area (Å²) in [5.41, 5.74) is 0.839. The molecule has 1 aromatic carbocycles. The quantitative estimate of drug-likeness (QED) is 0.169. The average molecular weight is 594 g/mol. The zero-order chi connectivity index (χ0) is 30.0. The number of amides is 2. The van der Waals surface area contributed by atoms with Gasteiger partial charge in [-0.15, -0.1) is 0 Å². The fraction of sp³-hybridized carbons (Fsp3) is 0.581. The molecule has 0 radical (unpaired) electrons. The minimum Gasteiger partial charge on any atom is -0.361 e. The highest BCUT2D eigenvalue weighted by Crippen LogP contribution is 2.33. The molecule has 226 valence electrons. The number of hydrogen-bond acceptors (Lipinski definition) is 6. The lowest BCUT2D eigenvalue weighted by atomic mass is 9.89. The molecule has 0 bridgehead atoms. The first-order chi connectivity index (χ1) is 20.1. The summed E-state index contributed by atoms with van der Waals surface area (Å²) in [7, 11) is -1.30. The monoisotopic (exact) mass is 593 g/mol. The van der Waals surface area contributed by atoms with E-state index in [-0.39, 0.29) is 43.1 Å². The standard InChI is InChI=1S/C31H43N5O5Si/c1-5-16-35-30(39)25-27(32-26(22-12-7-6-8-13-22)36(25)21-41-19-20-42(2,3)4)33(31(35)40)17-11-18-34-28(37)23-14-9-10-15-24(23)29(34)38/h9-10,14-15,22H,5-8,11-13,16-21H2,1-4H3. The van der Waals surface area contributed by atoms with Gasteiger partial charge in [-0.25, -0.2) is 9.78 Å². The number of imide groups is 1. The summed E-state index contributed by atoms with van der Waals surface area (Å²) in [6.07, 6.45) is 6.39. The summed E-state index contributed by atoms with van der Waals surface area (Å²) in [5, 5.41) is 0. The molecule has 3 aromatic rings. The highest BCUT2D eigenvalue weighted by molar-refractivity contribution is 6.76. The molecule has 1 fully saturated rings. The van der Waals surface area contributed by atoms with E-state index in [0.717, 1.165) is 37.6 Å². The highest BCUT2D eigenvalue weighted by Gasteiger charge is 2.35. The van der Waals surface area contributed by atoms with Crippen LogP contribution in [0.5, 0.6) is 0 Å². The van der Waals surface area contributed by atoms with Crippen molar-refractivity contribution in [2.45, 2.75) is 103 Å². The fourth-order valence-electron chi connectivity index (χ4n) is 6.10. The van der Waals surface area contributed by atoms with E-state index in [1.165, 1.54) is 15.9 Å². The Morgan fingerprint density at radius 1 is 0.881 bits per heavy atom. The number of benzene rings is 1. The van der Waals surface area contributed by atoms with E-state index in [9.17, 15) is 19.2 Å². The summed E-state index contributed by atoms with van der Waals surface area (Å²) < 4.78 is 10.9. The van der Waals surface area contributed by atoms with E-state index in [2.05, 4.69) is 19.6 Å². The molecule has 2 amide bonds. The molecule has 11 heteroatoms. The first kappa shape index (κ1) is 30.2. The Kier molecular flexibility index (Phi) is 8.98. The van der Waals surface area contributed by atoms with Crippen molar-refractivity contribution in [1.29, 1.82) is 0 Å². The van der Waals surface area contributed by atoms with Crippen LogP contribution in [0, 0.1) is 0 Å². The normalized spacial score (nSPS) is 16.1. The first-order valence-corrected chi connectivity index (χ1v) is 19.1. The summed E-state index contributed by atoms with van der Waals surface area (Å²) >= 11 is 0. The van der Waals surface area contributed by atoms with E-state index < -0.39 is 13.8 Å². The molecule has 2 aliphatic rings. The molecule has 0 unspecified atom stereocenters. The van der Waals surface area contributed by atoms with Crippen LogP contribution >= 0.6 is 0 Å². The number of hydrogen-bond donors (Lipinski definition) is 0. The van der Waals surface area contributed by atoms with Crippen LogP contribution in [0.3, 0.4) is 0 Å². The zero-order valence-electron chi connectivity index (χ0n) is 25.4. The maximum atomic E-state index is 13.8. The number of carbonyl (C=O) groups excluding carboxylic acids is 2. The fourth-order valence-corrected chi connectivity index (χ4v) is 6.85. The number of fused-ring (bicyclic) bond motifs is 2. The van der Waals surface area contributed by atoms with Crippen LogP contribution in [-0.4, -0.2) is 56.6 Å². The van der Waals surface area contributed by atoms with Gasteiger partial charge in [0.2, 0.25) is 0 Å². The summed E-state index contributed by atoms with van der Waals surface area (Å²) in [6.45, 7) is 10.4. The summed E-state index contributed by atoms with van der Waals surface area (Å²) in [4.78, 5) is 59.5. The third kappa shape index (κ3) is 5.94. The topological polar surface area (TPSA) is 108 Å². The van der Waals surface area contributed by atoms with E-state index in [1.807, 2.05) is 11.5 Å². The lowest BCUT2D eigenvalue weighted by Gasteiger charge is -2.22. The third-order valence-corrected chi connectivity index (χ3v) is 10.1. The Hall–Kier alpha value is -3.31. The van der Waals surface area contributed by atoms with E-state index in [1.54, 1.807) is 28.8 Å². The van der Waals surface area contributed by atoms with Crippen molar-refractivity contribution in [3.05, 3.63) is 62.1 Å². The van der Waals surface area contributed by atoms with Gasteiger partial charge in [0, 0.05) is 40.2 Å². The number of carbonyl (C=O) groups is 2. The maximum Gasteiger partial charge on any atom is 0.332 e. The molecule has 5 rings (SSSR count). The van der Waals surface area contributed by atoms with Crippen LogP contribution in [0.2, 0.25) is 25.7 Å². The highest BCUT2D eigenvalue weighted by atomic mass is 28.3. The van der Waals surface area contributed by atoms with Crippen LogP contribution in [0.15, 0.2) is 33.9 Å². The van der Waals surface area contributed by atoms with Gasteiger partial charge in [0.25, 0.3) is 17.4 Å². The van der Waals surface area contributed by atoms with Crippen molar-refractivity contribution in [3.63, 3.8) is 0 Å². The molecule has 1 aliphatic carbocycles. The van der Waals surface area contributed by atoms with Gasteiger partial charge >= 0.3 is 5.69 Å². The van der Waals surface area contributed by atoms with Crippen molar-refractivity contribution in [1.82, 2.24) is 23.6 Å². The number of rotatable bonds is 12. The van der Waals surface area contributed by atoms with Gasteiger partial charge in [-0.3, -0.25) is 33.0 Å². The lowest BCUT2D eigenvalue weighted by molar-refractivity contribution is 0.0650. The van der Waals surface area contributed by atoms with Gasteiger partial charge in [0.15, 0.2) is 11.2 Å². The Bertz CT molecular complexity index is 1560. The predicted octanol–water partition coefficient (Wildman–Crippen LogP) is 4.82. The van der Waals surface area contributed by atoms with Crippen LogP contribution in [0.4, 0.5) is 0 Å². The Labute approximate surface area is 247 Å². The van der Waals surface area contributed by atoms with Gasteiger partial charge in [0.05, 0.1) is 11.1 Å². The molecular weight excluding hydrogens is 550 g/mol. The van der Waals surface area contributed by atoms with Crippen molar-refractivity contribution < 1.29 is 14.3 Å². The van der Waals surface area contributed by atoms with E-state index in [4.69, 9.17) is 9.72 Å². The largest absolute Gasteiger partial charge is 0.361 e. The molecule has 1 saturated carbocycles. The molecule has 0 atom stereocenters. The molecule has 1 aliphatic heterocycles. The van der Waals surface area contributed by atoms with E-state index >= 15 is 0 Å². The van der Waals surface area contributed by atoms with Gasteiger partial charge in [-0.2, -0.15) is 0 Å². The third-order valence-electron chi connectivity index (χ3n) is 8.42. The van der Waals surface area contributed by atoms with Crippen LogP contribution in [-0.2, 0) is 24.6 Å². The number of imidazole rings is 1. The smallest absolute Gasteiger partial charge is 0.332 e. The Morgan fingerprint density at radius 3 is 2.17 bits per heavy atom. The molecular formula is C31H43N5O5Si. The second-order valence-corrected chi connectivity index (χ2v) is 18.4. The van der Waals surface area contributed by atoms with Crippen LogP contribution in [0.1, 0.15) is 84.3 Å². The second-order valence-electron chi connectivity index (χ2n) is 12.8. The molecule has 10 nitrogen and oxygen atoms in total. The van der Waals surface area contributed by atoms with Gasteiger partial charge in [-0.05, 0) is 43.9 Å². The average Bonchev–Trinajstić information content (AvgIpc) is 3.46. The Morgan fingerprint density at radius 2 is 1.55 bits per heavy atom. The zero-order valence-corrected chi connectivity index (χ0v) is 26.4. The molecule has 0 spiro atoms. The minimum absolute atomic E-state index is 0.170. The second kappa shape index (κ2) is 12.5. The first-order valence-electron chi connectivity index (χ1n) is 15.4. The predicted molar refractivity (Wildman–Crippen MR) is 165 cm³/mol. The molecule has 0 saturated heterocycles. The maximum absolute atomic E-state index is 13.8. The molecule has 2 aromatic heterocycles. The van der Waals surface area contributed by atoms with Crippen molar-refractivity contribution >= 4 is 31.1 Å². The van der Waals surface area contributed by atoms with Gasteiger partial charge in [0.1, 0.15) is 12.6 Å². The van der Waals surface area contributed by atoms with Crippen molar-refractivity contribution in [2.24, 2.45) is 0 Å². The molecule has 3 heterocycles. The molecule has 0 N–H and O–H groups in total. The van der Waals surface area contributed by atoms with Gasteiger partial charge in [-0.1, -0.05) is 58.0 Å². The van der Waals surface area contributed by atoms with Crippen molar-refractivity contribution in [2.75, 3.05) is 13.2 Å². The number of aryl methyl sites for hydroxylation is 1. The van der Waals surface area contributed by atoms with Crippen LogP contribution in [0.25, 0.3) is 11.2 Å². The molecule has 42 heavy (non-hydrogen) atoms. The number of aromatic nitrogens is 4. The number of nitrogens with zero attached hydrogens (tertiary/aromatic N) is 5. The summed E-state index contributed by atoms with van der Waals surface area (Å²) in [6, 6.07) is 7.83. The lowest BCUT2D eigenvalue weighted by Crippen LogP contribution is -2.41. The van der Waals surface area contributed by atoms with Crippen LogP contribution < -0.4 is 11.2 Å². The van der Waals surface area contributed by atoms with Gasteiger partial charge < -0.3 is 4.74 Å². The Balaban J connectivity index is 1.50. The van der Waals surface area contributed by atoms with Crippen molar-refractivity contribution in [3.8, 4) is 0 Å². The van der Waals surface area contributed by atoms with E-state index in [0.29, 0.717) is 48.3 Å². The summed E-state index contributed by atoms with van der Waals surface area (Å²) in [5.74, 6) is 0.386. The SMILES string of the molecule is CCCn1c(=O)c2c(nc(C3CCCCC3)n2COCC[Si](C)(C)C)n(CCCN2C(=O)c3ccccc3C2=O)c1=O. The number of ether oxygens (including phenoxy) is 1. The minimum atomic E-state index is -1.30.